The summed E-state index contributed by atoms with van der Waals surface area (Å²) in [4.78, 5) is 21.0. The average molecular weight is 546 g/mol. The Kier molecular flexibility index (Phi) is 6.77. The predicted octanol–water partition coefficient (Wildman–Crippen LogP) is 3.96. The van der Waals surface area contributed by atoms with Crippen LogP contribution in [0.25, 0.3) is 6.08 Å². The average Bonchev–Trinajstić information content (AvgIpc) is 3.59. The number of anilines is 1. The van der Waals surface area contributed by atoms with Crippen molar-refractivity contribution in [3.63, 3.8) is 0 Å². The van der Waals surface area contributed by atoms with Gasteiger partial charge < -0.3 is 18.5 Å². The molecule has 4 heterocycles. The summed E-state index contributed by atoms with van der Waals surface area (Å²) in [6, 6.07) is 8.45. The number of morpholine rings is 1. The number of benzene rings is 1. The van der Waals surface area contributed by atoms with E-state index in [0.29, 0.717) is 36.4 Å². The highest BCUT2D eigenvalue weighted by molar-refractivity contribution is 8.26. The fourth-order valence-corrected chi connectivity index (χ4v) is 6.45. The van der Waals surface area contributed by atoms with Crippen molar-refractivity contribution < 1.29 is 26.8 Å². The van der Waals surface area contributed by atoms with E-state index in [1.165, 1.54) is 17.2 Å². The van der Waals surface area contributed by atoms with Gasteiger partial charge >= 0.3 is 0 Å². The van der Waals surface area contributed by atoms with E-state index in [9.17, 15) is 13.2 Å². The number of sulfone groups is 1. The van der Waals surface area contributed by atoms with Gasteiger partial charge in [-0.15, -0.1) is 0 Å². The number of thioether (sulfide) groups is 1. The maximum atomic E-state index is 13.6. The van der Waals surface area contributed by atoms with Crippen LogP contribution in [-0.4, -0.2) is 54.8 Å². The van der Waals surface area contributed by atoms with Gasteiger partial charge in [-0.05, 0) is 49.2 Å². The molecule has 0 N–H and O–H groups in total. The summed E-state index contributed by atoms with van der Waals surface area (Å²) in [5, 5.41) is -0.190. The van der Waals surface area contributed by atoms with Gasteiger partial charge in [-0.25, -0.2) is 8.42 Å². The van der Waals surface area contributed by atoms with Crippen LogP contribution >= 0.6 is 24.0 Å². The number of hydrogen-bond acceptors (Lipinski definition) is 10. The molecule has 0 bridgehead atoms. The fourth-order valence-electron chi connectivity index (χ4n) is 3.82. The number of furan rings is 1. The van der Waals surface area contributed by atoms with Gasteiger partial charge in [-0.2, -0.15) is 4.98 Å². The Labute approximate surface area is 218 Å². The van der Waals surface area contributed by atoms with Crippen LogP contribution in [0, 0.1) is 13.8 Å². The van der Waals surface area contributed by atoms with Gasteiger partial charge in [0.15, 0.2) is 0 Å². The van der Waals surface area contributed by atoms with Crippen LogP contribution in [0.2, 0.25) is 0 Å². The highest BCUT2D eigenvalue weighted by Crippen LogP contribution is 2.36. The third-order valence-electron chi connectivity index (χ3n) is 5.96. The van der Waals surface area contributed by atoms with Gasteiger partial charge in [0.25, 0.3) is 5.91 Å². The van der Waals surface area contributed by atoms with Crippen LogP contribution in [0.4, 0.5) is 5.88 Å². The molecule has 1 aromatic carbocycles. The highest BCUT2D eigenvalue weighted by Gasteiger charge is 2.35. The molecule has 2 aromatic heterocycles. The Morgan fingerprint density at radius 1 is 1.17 bits per heavy atom. The van der Waals surface area contributed by atoms with Crippen LogP contribution in [0.3, 0.4) is 0 Å². The summed E-state index contributed by atoms with van der Waals surface area (Å²) in [6.45, 7) is 5.75. The Balaban J connectivity index is 1.52. The number of thiocarbonyl (C=S) groups is 1. The van der Waals surface area contributed by atoms with Crippen molar-refractivity contribution in [1.29, 1.82) is 0 Å². The van der Waals surface area contributed by atoms with Gasteiger partial charge in [0, 0.05) is 19.2 Å². The van der Waals surface area contributed by atoms with E-state index in [0.717, 1.165) is 22.9 Å². The third-order valence-corrected chi connectivity index (χ3v) is 8.99. The number of aryl methyl sites for hydroxylation is 2. The molecule has 12 heteroatoms. The minimum atomic E-state index is -4.00. The molecule has 0 aliphatic carbocycles. The molecule has 5 rings (SSSR count). The number of rotatable bonds is 6. The lowest BCUT2D eigenvalue weighted by Gasteiger charge is -2.26. The standard InChI is InChI=1S/C24H23N3O6S3/c1-15-5-6-18(12-16(15)2)36(29,30)21-23(26-7-10-31-11-8-26)33-20(25-21)13-19-22(28)27(24(34)35-19)14-17-4-3-9-32-17/h3-6,9,12-13H,7-8,10-11,14H2,1-2H3. The summed E-state index contributed by atoms with van der Waals surface area (Å²) in [5.41, 5.74) is 1.84. The van der Waals surface area contributed by atoms with Crippen molar-refractivity contribution in [2.75, 3.05) is 31.2 Å². The number of ether oxygens (including phenoxy) is 1. The summed E-state index contributed by atoms with van der Waals surface area (Å²) in [5.74, 6) is 0.414. The van der Waals surface area contributed by atoms with E-state index in [4.69, 9.17) is 25.8 Å². The van der Waals surface area contributed by atoms with Gasteiger partial charge in [0.05, 0.1) is 35.8 Å². The molecule has 0 atom stereocenters. The number of nitrogens with zero attached hydrogens (tertiary/aromatic N) is 3. The van der Waals surface area contributed by atoms with Crippen LogP contribution in [0.1, 0.15) is 22.8 Å². The Hall–Kier alpha value is -2.93. The zero-order valence-electron chi connectivity index (χ0n) is 19.6. The normalized spacial score (nSPS) is 18.0. The third kappa shape index (κ3) is 4.73. The Morgan fingerprint density at radius 2 is 1.94 bits per heavy atom. The molecular weight excluding hydrogens is 522 g/mol. The molecule has 0 saturated carbocycles. The van der Waals surface area contributed by atoms with E-state index in [1.807, 2.05) is 13.8 Å². The molecule has 0 unspecified atom stereocenters. The maximum Gasteiger partial charge on any atom is 0.266 e. The second kappa shape index (κ2) is 9.85. The first kappa shape index (κ1) is 24.8. The van der Waals surface area contributed by atoms with Crippen LogP contribution in [0.5, 0.6) is 0 Å². The molecule has 3 aromatic rings. The second-order valence-corrected chi connectivity index (χ2v) is 11.9. The zero-order valence-corrected chi connectivity index (χ0v) is 22.0. The quantitative estimate of drug-likeness (QED) is 0.334. The summed E-state index contributed by atoms with van der Waals surface area (Å²) >= 11 is 6.48. The van der Waals surface area contributed by atoms with Crippen LogP contribution in [-0.2, 0) is 25.9 Å². The molecule has 9 nitrogen and oxygen atoms in total. The van der Waals surface area contributed by atoms with Gasteiger partial charge in [-0.3, -0.25) is 9.69 Å². The Bertz CT molecular complexity index is 1450. The monoisotopic (exact) mass is 545 g/mol. The highest BCUT2D eigenvalue weighted by atomic mass is 32.2. The lowest BCUT2D eigenvalue weighted by molar-refractivity contribution is -0.122. The molecular formula is C24H23N3O6S3. The SMILES string of the molecule is Cc1ccc(S(=O)(=O)c2nc(C=C3SC(=S)N(Cc4ccco4)C3=O)oc2N2CCOCC2)cc1C. The number of carbonyl (C=O) groups is 1. The van der Waals surface area contributed by atoms with Gasteiger partial charge in [0.1, 0.15) is 10.1 Å². The van der Waals surface area contributed by atoms with Crippen LogP contribution in [0.15, 0.2) is 60.3 Å². The molecule has 188 valence electrons. The van der Waals surface area contributed by atoms with E-state index in [-0.39, 0.29) is 39.1 Å². The first-order chi connectivity index (χ1) is 17.2. The fraction of sp³-hybridized carbons (Fsp3) is 0.292. The molecule has 0 spiro atoms. The number of oxazole rings is 1. The summed E-state index contributed by atoms with van der Waals surface area (Å²) in [6.07, 6.45) is 2.96. The second-order valence-electron chi connectivity index (χ2n) is 8.36. The topological polar surface area (TPSA) is 106 Å². The lowest BCUT2D eigenvalue weighted by Crippen LogP contribution is -2.36. The predicted molar refractivity (Wildman–Crippen MR) is 138 cm³/mol. The number of amides is 1. The van der Waals surface area contributed by atoms with Gasteiger partial charge in [-0.1, -0.05) is 30.0 Å². The molecule has 2 saturated heterocycles. The largest absolute Gasteiger partial charge is 0.467 e. The van der Waals surface area contributed by atoms with Crippen molar-refractivity contribution in [2.45, 2.75) is 30.3 Å². The van der Waals surface area contributed by atoms with E-state index < -0.39 is 9.84 Å². The first-order valence-electron chi connectivity index (χ1n) is 11.2. The smallest absolute Gasteiger partial charge is 0.266 e. The van der Waals surface area contributed by atoms with Crippen molar-refractivity contribution in [2.24, 2.45) is 0 Å². The summed E-state index contributed by atoms with van der Waals surface area (Å²) in [7, 11) is -4.00. The van der Waals surface area contributed by atoms with E-state index >= 15 is 0 Å². The van der Waals surface area contributed by atoms with E-state index in [2.05, 4.69) is 4.98 Å². The molecule has 2 aliphatic heterocycles. The van der Waals surface area contributed by atoms with Crippen molar-refractivity contribution in [1.82, 2.24) is 9.88 Å². The molecule has 1 amide bonds. The van der Waals surface area contributed by atoms with Crippen molar-refractivity contribution in [3.05, 3.63) is 64.3 Å². The maximum absolute atomic E-state index is 13.6. The number of carbonyl (C=O) groups excluding carboxylic acids is 1. The minimum absolute atomic E-state index is 0.0115. The molecule has 2 fully saturated rings. The summed E-state index contributed by atoms with van der Waals surface area (Å²) < 4.78 is 44.4. The first-order valence-corrected chi connectivity index (χ1v) is 13.9. The van der Waals surface area contributed by atoms with Crippen molar-refractivity contribution in [3.8, 4) is 0 Å². The number of aromatic nitrogens is 1. The molecule has 0 radical (unpaired) electrons. The lowest BCUT2D eigenvalue weighted by atomic mass is 10.1. The minimum Gasteiger partial charge on any atom is -0.467 e. The van der Waals surface area contributed by atoms with Crippen molar-refractivity contribution >= 4 is 56.0 Å². The molecule has 36 heavy (non-hydrogen) atoms. The van der Waals surface area contributed by atoms with E-state index in [1.54, 1.807) is 35.2 Å². The zero-order chi connectivity index (χ0) is 25.4. The van der Waals surface area contributed by atoms with Gasteiger partial charge in [0.2, 0.25) is 26.6 Å². The number of hydrogen-bond donors (Lipinski definition) is 0. The van der Waals surface area contributed by atoms with Crippen LogP contribution < -0.4 is 4.90 Å². The molecule has 2 aliphatic rings. The Morgan fingerprint density at radius 3 is 2.64 bits per heavy atom.